The molecule has 0 aromatic heterocycles. The highest BCUT2D eigenvalue weighted by molar-refractivity contribution is 9.12. The maximum atomic E-state index is 4.20. The Labute approximate surface area is 63.2 Å². The van der Waals surface area contributed by atoms with Gasteiger partial charge in [0.1, 0.15) is 0 Å². The summed E-state index contributed by atoms with van der Waals surface area (Å²) in [6.07, 6.45) is 6.54. The number of hydrogen-bond donors (Lipinski definition) is 1. The van der Waals surface area contributed by atoms with E-state index in [9.17, 15) is 0 Å². The van der Waals surface area contributed by atoms with Crippen LogP contribution in [0.25, 0.3) is 0 Å². The fraction of sp³-hybridized carbons (Fsp3) is 0.333. The Bertz CT molecular complexity index is 129. The molecule has 1 aliphatic rings. The van der Waals surface area contributed by atoms with Crippen LogP contribution in [-0.4, -0.2) is 0 Å². The molecule has 0 radical (unpaired) electrons. The average molecular weight is 191 g/mol. The minimum Gasteiger partial charge on any atom is -0.143 e. The van der Waals surface area contributed by atoms with Gasteiger partial charge in [0.05, 0.1) is 0 Å². The van der Waals surface area contributed by atoms with E-state index >= 15 is 0 Å². The molecule has 0 N–H and O–H groups in total. The lowest BCUT2D eigenvalue weighted by Gasteiger charge is -2.02. The molecule has 0 atom stereocenters. The second-order valence-electron chi connectivity index (χ2n) is 1.72. The Morgan fingerprint density at radius 1 is 1.38 bits per heavy atom. The minimum atomic E-state index is 1.07. The summed E-state index contributed by atoms with van der Waals surface area (Å²) in [5.41, 5.74) is 0. The van der Waals surface area contributed by atoms with E-state index in [-0.39, 0.29) is 0 Å². The van der Waals surface area contributed by atoms with Crippen LogP contribution in [0, 0.1) is 0 Å². The predicted octanol–water partition coefficient (Wildman–Crippen LogP) is 2.87. The third-order valence-electron chi connectivity index (χ3n) is 1.07. The third-order valence-corrected chi connectivity index (χ3v) is 2.55. The molecule has 0 amide bonds. The van der Waals surface area contributed by atoms with Gasteiger partial charge in [-0.1, -0.05) is 12.2 Å². The van der Waals surface area contributed by atoms with Crippen LogP contribution in [-0.2, 0) is 0 Å². The zero-order valence-electron chi connectivity index (χ0n) is 4.39. The Balaban J connectivity index is 2.73. The van der Waals surface area contributed by atoms with Crippen LogP contribution in [0.2, 0.25) is 0 Å². The van der Waals surface area contributed by atoms with E-state index in [2.05, 4.69) is 40.7 Å². The van der Waals surface area contributed by atoms with Crippen LogP contribution in [0.3, 0.4) is 0 Å². The maximum Gasteiger partial charge on any atom is 0.0265 e. The van der Waals surface area contributed by atoms with Crippen LogP contribution >= 0.6 is 28.6 Å². The summed E-state index contributed by atoms with van der Waals surface area (Å²) in [6, 6.07) is 0. The number of thiol groups is 1. The minimum absolute atomic E-state index is 1.07. The second kappa shape index (κ2) is 2.74. The molecule has 44 valence electrons. The molecule has 8 heavy (non-hydrogen) atoms. The van der Waals surface area contributed by atoms with Crippen molar-refractivity contribution in [2.75, 3.05) is 0 Å². The predicted molar refractivity (Wildman–Crippen MR) is 43.3 cm³/mol. The van der Waals surface area contributed by atoms with Gasteiger partial charge < -0.3 is 0 Å². The lowest BCUT2D eigenvalue weighted by molar-refractivity contribution is 1.03. The van der Waals surface area contributed by atoms with Gasteiger partial charge in [-0.05, 0) is 28.8 Å². The molecule has 0 spiro atoms. The highest BCUT2D eigenvalue weighted by Crippen LogP contribution is 2.25. The maximum absolute atomic E-state index is 4.20. The summed E-state index contributed by atoms with van der Waals surface area (Å²) in [6.45, 7) is 0. The Morgan fingerprint density at radius 2 is 2.00 bits per heavy atom. The Hall–Kier alpha value is 0.310. The van der Waals surface area contributed by atoms with Gasteiger partial charge in [-0.25, -0.2) is 0 Å². The largest absolute Gasteiger partial charge is 0.143 e. The van der Waals surface area contributed by atoms with E-state index in [4.69, 9.17) is 0 Å². The topological polar surface area (TPSA) is 0 Å². The van der Waals surface area contributed by atoms with Crippen molar-refractivity contribution >= 4 is 28.6 Å². The highest BCUT2D eigenvalue weighted by Gasteiger charge is 1.98. The molecule has 0 heterocycles. The molecule has 0 saturated carbocycles. The number of hydrogen-bond acceptors (Lipinski definition) is 1. The Kier molecular flexibility index (Phi) is 2.20. The lowest BCUT2D eigenvalue weighted by atomic mass is 10.2. The van der Waals surface area contributed by atoms with Crippen LogP contribution < -0.4 is 0 Å². The SMILES string of the molecule is SC1=CCCC=C1Br. The van der Waals surface area contributed by atoms with Crippen molar-refractivity contribution < 1.29 is 0 Å². The fourth-order valence-corrected chi connectivity index (χ4v) is 1.24. The second-order valence-corrected chi connectivity index (χ2v) is 3.05. The zero-order valence-corrected chi connectivity index (χ0v) is 6.87. The molecule has 0 aromatic rings. The summed E-state index contributed by atoms with van der Waals surface area (Å²) < 4.78 is 1.13. The molecular weight excluding hydrogens is 184 g/mol. The number of allylic oxidation sites excluding steroid dienone is 3. The summed E-state index contributed by atoms with van der Waals surface area (Å²) in [5, 5.41) is 0. The first-order valence-corrected chi connectivity index (χ1v) is 3.80. The quantitative estimate of drug-likeness (QED) is 0.559. The first-order valence-electron chi connectivity index (χ1n) is 2.56. The molecule has 0 fully saturated rings. The van der Waals surface area contributed by atoms with Crippen LogP contribution in [0.1, 0.15) is 12.8 Å². The van der Waals surface area contributed by atoms with Gasteiger partial charge in [0, 0.05) is 9.39 Å². The van der Waals surface area contributed by atoms with Crippen molar-refractivity contribution in [1.82, 2.24) is 0 Å². The standard InChI is InChI=1S/C6H7BrS/c7-5-3-1-2-4-6(5)8/h3-4,8H,1-2H2. The molecule has 0 bridgehead atoms. The van der Waals surface area contributed by atoms with Gasteiger partial charge in [-0.2, -0.15) is 0 Å². The normalized spacial score (nSPS) is 19.8. The van der Waals surface area contributed by atoms with Crippen LogP contribution in [0.4, 0.5) is 0 Å². The highest BCUT2D eigenvalue weighted by atomic mass is 79.9. The summed E-state index contributed by atoms with van der Waals surface area (Å²) >= 11 is 7.57. The van der Waals surface area contributed by atoms with E-state index < -0.39 is 0 Å². The van der Waals surface area contributed by atoms with Crippen molar-refractivity contribution in [2.24, 2.45) is 0 Å². The van der Waals surface area contributed by atoms with E-state index in [1.54, 1.807) is 0 Å². The van der Waals surface area contributed by atoms with Gasteiger partial charge in [0.25, 0.3) is 0 Å². The Morgan fingerprint density at radius 3 is 2.38 bits per heavy atom. The molecule has 1 rings (SSSR count). The number of rotatable bonds is 0. The smallest absolute Gasteiger partial charge is 0.0265 e. The van der Waals surface area contributed by atoms with E-state index in [0.717, 1.165) is 22.2 Å². The van der Waals surface area contributed by atoms with Crippen molar-refractivity contribution in [3.63, 3.8) is 0 Å². The van der Waals surface area contributed by atoms with Crippen molar-refractivity contribution in [3.8, 4) is 0 Å². The van der Waals surface area contributed by atoms with E-state index in [0.29, 0.717) is 0 Å². The molecule has 0 saturated heterocycles. The third kappa shape index (κ3) is 1.39. The molecule has 0 aliphatic heterocycles. The van der Waals surface area contributed by atoms with Crippen LogP contribution in [0.5, 0.6) is 0 Å². The van der Waals surface area contributed by atoms with Gasteiger partial charge in [-0.15, -0.1) is 12.6 Å². The summed E-state index contributed by atoms with van der Waals surface area (Å²) in [5.74, 6) is 0. The monoisotopic (exact) mass is 190 g/mol. The van der Waals surface area contributed by atoms with E-state index in [1.165, 1.54) is 0 Å². The van der Waals surface area contributed by atoms with Gasteiger partial charge in [0.15, 0.2) is 0 Å². The van der Waals surface area contributed by atoms with Gasteiger partial charge in [0.2, 0.25) is 0 Å². The molecule has 1 aliphatic carbocycles. The van der Waals surface area contributed by atoms with Gasteiger partial charge >= 0.3 is 0 Å². The zero-order chi connectivity index (χ0) is 5.98. The van der Waals surface area contributed by atoms with Gasteiger partial charge in [-0.3, -0.25) is 0 Å². The van der Waals surface area contributed by atoms with Crippen molar-refractivity contribution in [1.29, 1.82) is 0 Å². The first-order chi connectivity index (χ1) is 3.80. The molecule has 2 heteroatoms. The lowest BCUT2D eigenvalue weighted by Crippen LogP contribution is -1.80. The van der Waals surface area contributed by atoms with Crippen LogP contribution in [0.15, 0.2) is 21.5 Å². The molecule has 0 aromatic carbocycles. The first kappa shape index (κ1) is 6.43. The van der Waals surface area contributed by atoms with E-state index in [1.807, 2.05) is 0 Å². The molecular formula is C6H7BrS. The average Bonchev–Trinajstić information content (AvgIpc) is 1.77. The fourth-order valence-electron chi connectivity index (χ4n) is 0.632. The summed E-state index contributed by atoms with van der Waals surface area (Å²) in [7, 11) is 0. The van der Waals surface area contributed by atoms with Crippen molar-refractivity contribution in [3.05, 3.63) is 21.5 Å². The van der Waals surface area contributed by atoms with Crippen molar-refractivity contribution in [2.45, 2.75) is 12.8 Å². The number of halogens is 1. The molecule has 0 unspecified atom stereocenters. The molecule has 0 nitrogen and oxygen atoms in total. The summed E-state index contributed by atoms with van der Waals surface area (Å²) in [4.78, 5) is 1.07.